The van der Waals surface area contributed by atoms with Crippen LogP contribution < -0.4 is 0 Å². The molecule has 1 nitrogen and oxygen atoms in total. The van der Waals surface area contributed by atoms with Crippen LogP contribution in [-0.2, 0) is 0 Å². The molecule has 0 unspecified atom stereocenters. The summed E-state index contributed by atoms with van der Waals surface area (Å²) in [4.78, 5) is 0. The zero-order valence-corrected chi connectivity index (χ0v) is 9.59. The van der Waals surface area contributed by atoms with Crippen LogP contribution in [0.3, 0.4) is 0 Å². The summed E-state index contributed by atoms with van der Waals surface area (Å²) in [5.41, 5.74) is 5.98. The number of hydrogen-bond donors (Lipinski definition) is 1. The number of rotatable bonds is 1. The van der Waals surface area contributed by atoms with E-state index in [1.54, 1.807) is 13.0 Å². The van der Waals surface area contributed by atoms with Gasteiger partial charge in [-0.05, 0) is 43.8 Å². The molecule has 0 radical (unpaired) electrons. The number of allylic oxidation sites excluding steroid dienone is 2. The summed E-state index contributed by atoms with van der Waals surface area (Å²) >= 11 is 0. The third-order valence-corrected chi connectivity index (χ3v) is 2.76. The lowest BCUT2D eigenvalue weighted by Gasteiger charge is -2.30. The standard InChI is InChI=1S/C13H20O/c1-10-6-5-9-13(3,4)12(10)8-7-11(2)14/h6-7,11,14H,5,9H2,1-4H3/t8?,11-/m1/s1. The largest absolute Gasteiger partial charge is 0.389 e. The van der Waals surface area contributed by atoms with Crippen LogP contribution in [0.5, 0.6) is 0 Å². The van der Waals surface area contributed by atoms with Crippen molar-refractivity contribution in [2.24, 2.45) is 5.41 Å². The highest BCUT2D eigenvalue weighted by Gasteiger charge is 2.26. The molecule has 0 fully saturated rings. The maximum atomic E-state index is 9.19. The smallest absolute Gasteiger partial charge is 0.0766 e. The first-order valence-corrected chi connectivity index (χ1v) is 5.26. The minimum Gasteiger partial charge on any atom is -0.389 e. The first-order chi connectivity index (χ1) is 6.43. The fourth-order valence-corrected chi connectivity index (χ4v) is 1.92. The maximum absolute atomic E-state index is 9.19. The molecule has 0 aromatic carbocycles. The molecular formula is C13H20O. The third kappa shape index (κ3) is 2.60. The zero-order chi connectivity index (χ0) is 10.8. The Labute approximate surface area is 86.8 Å². The van der Waals surface area contributed by atoms with E-state index in [0.717, 1.165) is 6.42 Å². The van der Waals surface area contributed by atoms with Crippen LogP contribution in [0.4, 0.5) is 0 Å². The normalized spacial score (nSPS) is 22.4. The second kappa shape index (κ2) is 4.16. The molecule has 0 amide bonds. The second-order valence-electron chi connectivity index (χ2n) is 4.74. The summed E-state index contributed by atoms with van der Waals surface area (Å²) in [5.74, 6) is 0. The van der Waals surface area contributed by atoms with Gasteiger partial charge >= 0.3 is 0 Å². The number of aliphatic hydroxyl groups excluding tert-OH is 1. The summed E-state index contributed by atoms with van der Waals surface area (Å²) in [6.45, 7) is 8.35. The van der Waals surface area contributed by atoms with E-state index in [0.29, 0.717) is 0 Å². The van der Waals surface area contributed by atoms with Gasteiger partial charge in [-0.3, -0.25) is 0 Å². The number of aliphatic hydroxyl groups is 1. The Morgan fingerprint density at radius 3 is 2.71 bits per heavy atom. The molecular weight excluding hydrogens is 172 g/mol. The second-order valence-corrected chi connectivity index (χ2v) is 4.74. The van der Waals surface area contributed by atoms with Gasteiger partial charge in [-0.1, -0.05) is 19.9 Å². The summed E-state index contributed by atoms with van der Waals surface area (Å²) in [7, 11) is 0. The molecule has 1 aliphatic rings. The Bertz CT molecular complexity index is 299. The van der Waals surface area contributed by atoms with Gasteiger partial charge in [-0.15, -0.1) is 5.73 Å². The van der Waals surface area contributed by atoms with Crippen molar-refractivity contribution in [1.29, 1.82) is 0 Å². The van der Waals surface area contributed by atoms with Crippen LogP contribution in [0, 0.1) is 5.41 Å². The van der Waals surface area contributed by atoms with E-state index >= 15 is 0 Å². The monoisotopic (exact) mass is 192 g/mol. The van der Waals surface area contributed by atoms with Gasteiger partial charge in [0.05, 0.1) is 6.10 Å². The van der Waals surface area contributed by atoms with Gasteiger partial charge in [0.15, 0.2) is 0 Å². The molecule has 0 heterocycles. The van der Waals surface area contributed by atoms with Crippen molar-refractivity contribution < 1.29 is 5.11 Å². The predicted molar refractivity (Wildman–Crippen MR) is 60.0 cm³/mol. The van der Waals surface area contributed by atoms with E-state index < -0.39 is 6.10 Å². The molecule has 0 aliphatic heterocycles. The van der Waals surface area contributed by atoms with Gasteiger partial charge in [0, 0.05) is 5.57 Å². The van der Waals surface area contributed by atoms with Crippen molar-refractivity contribution in [1.82, 2.24) is 0 Å². The Morgan fingerprint density at radius 1 is 1.57 bits per heavy atom. The molecule has 1 heteroatoms. The van der Waals surface area contributed by atoms with Crippen molar-refractivity contribution >= 4 is 0 Å². The van der Waals surface area contributed by atoms with Crippen LogP contribution in [0.2, 0.25) is 0 Å². The summed E-state index contributed by atoms with van der Waals surface area (Å²) in [5, 5.41) is 9.19. The van der Waals surface area contributed by atoms with Gasteiger partial charge in [-0.2, -0.15) is 0 Å². The molecule has 0 saturated heterocycles. The van der Waals surface area contributed by atoms with Crippen molar-refractivity contribution in [3.8, 4) is 0 Å². The predicted octanol–water partition coefficient (Wildman–Crippen LogP) is 3.22. The lowest BCUT2D eigenvalue weighted by molar-refractivity contribution is 0.244. The molecule has 78 valence electrons. The Morgan fingerprint density at radius 2 is 2.21 bits per heavy atom. The minimum atomic E-state index is -0.409. The Kier molecular flexibility index (Phi) is 3.36. The Balaban J connectivity index is 3.09. The number of hydrogen-bond acceptors (Lipinski definition) is 1. The lowest BCUT2D eigenvalue weighted by atomic mass is 9.73. The first-order valence-electron chi connectivity index (χ1n) is 5.26. The molecule has 0 aromatic rings. The highest BCUT2D eigenvalue weighted by atomic mass is 16.3. The summed E-state index contributed by atoms with van der Waals surface area (Å²) in [6.07, 6.45) is 5.90. The van der Waals surface area contributed by atoms with Crippen molar-refractivity contribution in [3.05, 3.63) is 29.0 Å². The molecule has 1 rings (SSSR count). The summed E-state index contributed by atoms with van der Waals surface area (Å²) < 4.78 is 0. The van der Waals surface area contributed by atoms with E-state index in [9.17, 15) is 5.11 Å². The highest BCUT2D eigenvalue weighted by Crippen LogP contribution is 2.39. The molecule has 1 aliphatic carbocycles. The van der Waals surface area contributed by atoms with Gasteiger partial charge in [0.2, 0.25) is 0 Å². The van der Waals surface area contributed by atoms with E-state index in [4.69, 9.17) is 0 Å². The van der Waals surface area contributed by atoms with Crippen LogP contribution in [0.1, 0.15) is 40.5 Å². The quantitative estimate of drug-likeness (QED) is 0.632. The molecule has 0 spiro atoms. The molecule has 0 saturated carbocycles. The third-order valence-electron chi connectivity index (χ3n) is 2.76. The zero-order valence-electron chi connectivity index (χ0n) is 9.59. The van der Waals surface area contributed by atoms with E-state index in [1.807, 2.05) is 0 Å². The fourth-order valence-electron chi connectivity index (χ4n) is 1.92. The molecule has 0 aromatic heterocycles. The van der Waals surface area contributed by atoms with E-state index in [2.05, 4.69) is 32.6 Å². The van der Waals surface area contributed by atoms with Gasteiger partial charge < -0.3 is 5.11 Å². The van der Waals surface area contributed by atoms with Crippen molar-refractivity contribution in [3.63, 3.8) is 0 Å². The lowest BCUT2D eigenvalue weighted by Crippen LogP contribution is -2.18. The average Bonchev–Trinajstić information content (AvgIpc) is 2.01. The maximum Gasteiger partial charge on any atom is 0.0766 e. The fraction of sp³-hybridized carbons (Fsp3) is 0.615. The average molecular weight is 192 g/mol. The highest BCUT2D eigenvalue weighted by molar-refractivity contribution is 5.36. The first kappa shape index (κ1) is 11.3. The van der Waals surface area contributed by atoms with Gasteiger partial charge in [0.1, 0.15) is 0 Å². The summed E-state index contributed by atoms with van der Waals surface area (Å²) in [6, 6.07) is 0. The van der Waals surface area contributed by atoms with Gasteiger partial charge in [0.25, 0.3) is 0 Å². The molecule has 1 N–H and O–H groups in total. The van der Waals surface area contributed by atoms with Crippen molar-refractivity contribution in [2.75, 3.05) is 0 Å². The Hall–Kier alpha value is -0.780. The molecule has 0 bridgehead atoms. The van der Waals surface area contributed by atoms with Gasteiger partial charge in [-0.25, -0.2) is 0 Å². The van der Waals surface area contributed by atoms with Crippen LogP contribution >= 0.6 is 0 Å². The van der Waals surface area contributed by atoms with Crippen molar-refractivity contribution in [2.45, 2.75) is 46.6 Å². The van der Waals surface area contributed by atoms with Crippen LogP contribution in [0.15, 0.2) is 29.0 Å². The minimum absolute atomic E-state index is 0.199. The topological polar surface area (TPSA) is 20.2 Å². The molecule has 1 atom stereocenters. The van der Waals surface area contributed by atoms with E-state index in [1.165, 1.54) is 17.6 Å². The molecule has 14 heavy (non-hydrogen) atoms. The van der Waals surface area contributed by atoms with Crippen LogP contribution in [0.25, 0.3) is 0 Å². The van der Waals surface area contributed by atoms with E-state index in [-0.39, 0.29) is 5.41 Å². The SMILES string of the molecule is CC1=CCCC(C)(C)C1=C=C[C@@H](C)O. The van der Waals surface area contributed by atoms with Crippen LogP contribution in [-0.4, -0.2) is 11.2 Å².